The van der Waals surface area contributed by atoms with E-state index in [2.05, 4.69) is 4.98 Å². The van der Waals surface area contributed by atoms with Gasteiger partial charge in [0.2, 0.25) is 0 Å². The minimum Gasteiger partial charge on any atom is -0.387 e. The molecule has 2 unspecified atom stereocenters. The van der Waals surface area contributed by atoms with Crippen molar-refractivity contribution < 1.29 is 14.9 Å². The van der Waals surface area contributed by atoms with Gasteiger partial charge >= 0.3 is 5.69 Å². The molecule has 1 aliphatic heterocycles. The van der Waals surface area contributed by atoms with Gasteiger partial charge in [0.25, 0.3) is 0 Å². The number of fused-ring (bicyclic) bond motifs is 1. The highest BCUT2D eigenvalue weighted by atomic mass is 35.5. The molecule has 0 spiro atoms. The first kappa shape index (κ1) is 14.2. The summed E-state index contributed by atoms with van der Waals surface area (Å²) in [6, 6.07) is 1.44. The summed E-state index contributed by atoms with van der Waals surface area (Å²) < 4.78 is 6.90. The van der Waals surface area contributed by atoms with Crippen molar-refractivity contribution in [2.45, 2.75) is 28.9 Å². The van der Waals surface area contributed by atoms with E-state index in [1.807, 2.05) is 6.26 Å². The zero-order chi connectivity index (χ0) is 14.7. The van der Waals surface area contributed by atoms with Gasteiger partial charge in [-0.25, -0.2) is 4.79 Å². The van der Waals surface area contributed by atoms with Gasteiger partial charge in [-0.2, -0.15) is 16.7 Å². The lowest BCUT2D eigenvalue weighted by atomic mass is 10.2. The normalized spacial score (nSPS) is 42.5. The van der Waals surface area contributed by atoms with E-state index < -0.39 is 34.6 Å². The molecule has 0 amide bonds. The Morgan fingerprint density at radius 1 is 1.70 bits per heavy atom. The average Bonchev–Trinajstić information content (AvgIpc) is 2.73. The van der Waals surface area contributed by atoms with Crippen LogP contribution < -0.4 is 11.4 Å². The van der Waals surface area contributed by atoms with Crippen LogP contribution in [0.4, 0.5) is 5.82 Å². The summed E-state index contributed by atoms with van der Waals surface area (Å²) in [6.07, 6.45) is 1.30. The highest BCUT2D eigenvalue weighted by Gasteiger charge is 2.86. The van der Waals surface area contributed by atoms with Crippen molar-refractivity contribution in [1.82, 2.24) is 9.55 Å². The number of aromatic nitrogens is 2. The summed E-state index contributed by atoms with van der Waals surface area (Å²) >= 11 is 7.64. The molecule has 2 heterocycles. The van der Waals surface area contributed by atoms with Crippen molar-refractivity contribution in [3.05, 3.63) is 22.7 Å². The van der Waals surface area contributed by atoms with Gasteiger partial charge in [0, 0.05) is 11.9 Å². The Morgan fingerprint density at radius 2 is 2.40 bits per heavy atom. The largest absolute Gasteiger partial charge is 0.387 e. The van der Waals surface area contributed by atoms with Gasteiger partial charge in [-0.1, -0.05) is 0 Å². The maximum absolute atomic E-state index is 11.8. The molecule has 3 rings (SSSR count). The van der Waals surface area contributed by atoms with Crippen molar-refractivity contribution >= 4 is 29.2 Å². The number of anilines is 1. The third kappa shape index (κ3) is 1.54. The molecule has 20 heavy (non-hydrogen) atoms. The number of nitrogens with two attached hydrogens (primary N) is 1. The lowest BCUT2D eigenvalue weighted by Gasteiger charge is -2.22. The zero-order valence-corrected chi connectivity index (χ0v) is 12.1. The number of aliphatic hydroxyl groups excluding tert-OH is 1. The number of nitrogen functional groups attached to an aromatic ring is 1. The molecule has 0 aromatic carbocycles. The summed E-state index contributed by atoms with van der Waals surface area (Å²) in [7, 11) is 0. The van der Waals surface area contributed by atoms with E-state index in [0.717, 1.165) is 0 Å². The van der Waals surface area contributed by atoms with E-state index >= 15 is 0 Å². The van der Waals surface area contributed by atoms with Crippen LogP contribution in [0, 0.1) is 0 Å². The SMILES string of the molecule is CSC[C@]12OC(n3ccc(N)nc3=O)[C@H](Cl)[C@@]1(O)C2O. The average molecular weight is 320 g/mol. The topological polar surface area (TPSA) is 111 Å². The molecular weight excluding hydrogens is 306 g/mol. The third-order valence-corrected chi connectivity index (χ3v) is 5.21. The van der Waals surface area contributed by atoms with Crippen molar-refractivity contribution in [3.8, 4) is 0 Å². The van der Waals surface area contributed by atoms with Crippen LogP contribution in [0.5, 0.6) is 0 Å². The van der Waals surface area contributed by atoms with Gasteiger partial charge in [0.15, 0.2) is 6.23 Å². The van der Waals surface area contributed by atoms with E-state index in [1.165, 1.54) is 28.6 Å². The second-order valence-electron chi connectivity index (χ2n) is 5.00. The summed E-state index contributed by atoms with van der Waals surface area (Å²) in [5.74, 6) is 0.472. The van der Waals surface area contributed by atoms with E-state index in [4.69, 9.17) is 22.1 Å². The molecule has 2 aliphatic rings. The summed E-state index contributed by atoms with van der Waals surface area (Å²) in [4.78, 5) is 15.4. The number of aliphatic hydroxyl groups is 2. The van der Waals surface area contributed by atoms with Crippen molar-refractivity contribution in [3.63, 3.8) is 0 Å². The van der Waals surface area contributed by atoms with Gasteiger partial charge in [-0.05, 0) is 12.3 Å². The Bertz CT molecular complexity index is 614. The van der Waals surface area contributed by atoms with E-state index in [-0.39, 0.29) is 5.82 Å². The molecule has 0 radical (unpaired) electrons. The molecule has 1 saturated carbocycles. The van der Waals surface area contributed by atoms with Crippen molar-refractivity contribution in [2.75, 3.05) is 17.7 Å². The smallest absolute Gasteiger partial charge is 0.351 e. The molecule has 4 N–H and O–H groups in total. The lowest BCUT2D eigenvalue weighted by Crippen LogP contribution is -2.37. The molecule has 0 bridgehead atoms. The molecule has 2 fully saturated rings. The number of ether oxygens (including phenoxy) is 1. The van der Waals surface area contributed by atoms with Crippen LogP contribution in [-0.4, -0.2) is 54.5 Å². The van der Waals surface area contributed by atoms with Gasteiger partial charge < -0.3 is 20.7 Å². The monoisotopic (exact) mass is 319 g/mol. The number of hydrogen-bond donors (Lipinski definition) is 3. The Balaban J connectivity index is 1.97. The first-order valence-corrected chi connectivity index (χ1v) is 7.77. The zero-order valence-electron chi connectivity index (χ0n) is 10.6. The van der Waals surface area contributed by atoms with E-state index in [0.29, 0.717) is 5.75 Å². The summed E-state index contributed by atoms with van der Waals surface area (Å²) in [6.45, 7) is 0. The Morgan fingerprint density at radius 3 is 3.00 bits per heavy atom. The van der Waals surface area contributed by atoms with Crippen LogP contribution in [0.15, 0.2) is 17.1 Å². The van der Waals surface area contributed by atoms with E-state index in [1.54, 1.807) is 0 Å². The van der Waals surface area contributed by atoms with Gasteiger partial charge in [0.1, 0.15) is 28.5 Å². The van der Waals surface area contributed by atoms with E-state index in [9.17, 15) is 15.0 Å². The number of thioether (sulfide) groups is 1. The van der Waals surface area contributed by atoms with Gasteiger partial charge in [-0.15, -0.1) is 11.6 Å². The molecule has 5 atom stereocenters. The highest BCUT2D eigenvalue weighted by molar-refractivity contribution is 7.98. The lowest BCUT2D eigenvalue weighted by molar-refractivity contribution is -0.0553. The summed E-state index contributed by atoms with van der Waals surface area (Å²) in [5, 5.41) is 19.5. The molecule has 1 aromatic rings. The van der Waals surface area contributed by atoms with Crippen molar-refractivity contribution in [2.24, 2.45) is 0 Å². The van der Waals surface area contributed by atoms with Crippen LogP contribution in [0.2, 0.25) is 0 Å². The second kappa shape index (κ2) is 4.35. The fourth-order valence-corrected chi connectivity index (χ4v) is 4.15. The van der Waals surface area contributed by atoms with Crippen molar-refractivity contribution in [1.29, 1.82) is 0 Å². The highest BCUT2D eigenvalue weighted by Crippen LogP contribution is 2.64. The minimum atomic E-state index is -1.55. The standard InChI is InChI=1S/C11H14ClN3O4S/c1-20-4-10-8(16)11(10,18)6(12)7(19-10)15-3-2-5(13)14-9(15)17/h2-3,6-8,16,18H,4H2,1H3,(H2,13,14,17)/t6-,7?,8?,10+,11+/m0/s1. The predicted octanol–water partition coefficient (Wildman–Crippen LogP) is -0.831. The van der Waals surface area contributed by atoms with Crippen LogP contribution in [-0.2, 0) is 4.74 Å². The molecule has 1 aromatic heterocycles. The third-order valence-electron chi connectivity index (χ3n) is 3.94. The predicted molar refractivity (Wildman–Crippen MR) is 74.7 cm³/mol. The summed E-state index contributed by atoms with van der Waals surface area (Å²) in [5.41, 5.74) is 2.13. The first-order chi connectivity index (χ1) is 9.38. The molecule has 7 nitrogen and oxygen atoms in total. The second-order valence-corrected chi connectivity index (χ2v) is 6.34. The number of rotatable bonds is 3. The molecule has 110 valence electrons. The molecule has 9 heteroatoms. The van der Waals surface area contributed by atoms with Crippen LogP contribution in [0.3, 0.4) is 0 Å². The molecular formula is C11H14ClN3O4S. The maximum atomic E-state index is 11.8. The number of halogens is 1. The first-order valence-electron chi connectivity index (χ1n) is 5.94. The maximum Gasteiger partial charge on any atom is 0.351 e. The van der Waals surface area contributed by atoms with Crippen LogP contribution >= 0.6 is 23.4 Å². The number of nitrogens with zero attached hydrogens (tertiary/aromatic N) is 2. The van der Waals surface area contributed by atoms with Crippen LogP contribution in [0.1, 0.15) is 6.23 Å². The Labute approximate surface area is 123 Å². The van der Waals surface area contributed by atoms with Gasteiger partial charge in [-0.3, -0.25) is 4.57 Å². The minimum absolute atomic E-state index is 0.0955. The Hall–Kier alpha value is -0.800. The Kier molecular flexibility index (Phi) is 3.07. The fourth-order valence-electron chi connectivity index (χ4n) is 2.79. The number of hydrogen-bond acceptors (Lipinski definition) is 7. The fraction of sp³-hybridized carbons (Fsp3) is 0.636. The number of alkyl halides is 1. The van der Waals surface area contributed by atoms with Gasteiger partial charge in [0.05, 0.1) is 0 Å². The molecule has 1 saturated heterocycles. The van der Waals surface area contributed by atoms with Crippen LogP contribution in [0.25, 0.3) is 0 Å². The molecule has 1 aliphatic carbocycles. The quantitative estimate of drug-likeness (QED) is 0.624.